The molecule has 1 aromatic heterocycles. The van der Waals surface area contributed by atoms with E-state index >= 15 is 0 Å². The molecule has 0 spiro atoms. The maximum Gasteiger partial charge on any atom is 0.335 e. The van der Waals surface area contributed by atoms with Gasteiger partial charge in [-0.25, -0.2) is 4.79 Å². The van der Waals surface area contributed by atoms with Gasteiger partial charge in [0.05, 0.1) is 18.2 Å². The van der Waals surface area contributed by atoms with Crippen LogP contribution in [0, 0.1) is 0 Å². The highest BCUT2D eigenvalue weighted by Crippen LogP contribution is 2.20. The monoisotopic (exact) mass is 374 g/mol. The first-order valence-corrected chi connectivity index (χ1v) is 8.79. The van der Waals surface area contributed by atoms with Crippen LogP contribution in [-0.2, 0) is 4.74 Å². The first-order valence-electron chi connectivity index (χ1n) is 8.79. The minimum absolute atomic E-state index is 0.145. The molecule has 1 amide bonds. The molecule has 3 rings (SSSR count). The van der Waals surface area contributed by atoms with E-state index in [4.69, 9.17) is 19.1 Å². The van der Waals surface area contributed by atoms with E-state index < -0.39 is 12.1 Å². The summed E-state index contributed by atoms with van der Waals surface area (Å²) in [6.07, 6.45) is 0.202. The maximum absolute atomic E-state index is 12.5. The third kappa shape index (κ3) is 4.65. The number of carbonyl (C=O) groups excluding carboxylic acids is 1. The second kappa shape index (κ2) is 8.22. The fourth-order valence-corrected chi connectivity index (χ4v) is 2.75. The standard InChI is InChI=1S/C19H22N2O6/c1-11(2)16-9-15(21-27-16)18(22)20-14-7-8-25-10-17(14)26-13-5-3-12(4-6-13)19(23)24/h3-6,9,11,14,17H,7-8,10H2,1-2H3,(H,20,22)(H,23,24)/t14-,17-/m1/s1. The molecule has 0 radical (unpaired) electrons. The lowest BCUT2D eigenvalue weighted by Gasteiger charge is -2.32. The van der Waals surface area contributed by atoms with E-state index in [1.165, 1.54) is 12.1 Å². The number of benzene rings is 1. The van der Waals surface area contributed by atoms with Crippen LogP contribution < -0.4 is 10.1 Å². The summed E-state index contributed by atoms with van der Waals surface area (Å²) >= 11 is 0. The lowest BCUT2D eigenvalue weighted by Crippen LogP contribution is -2.51. The van der Waals surface area contributed by atoms with Gasteiger partial charge in [0, 0.05) is 18.6 Å². The highest BCUT2D eigenvalue weighted by Gasteiger charge is 2.30. The Morgan fingerprint density at radius 3 is 2.67 bits per heavy atom. The van der Waals surface area contributed by atoms with Crippen molar-refractivity contribution in [2.24, 2.45) is 0 Å². The number of aromatic carboxylic acids is 1. The van der Waals surface area contributed by atoms with Gasteiger partial charge in [0.25, 0.3) is 5.91 Å². The summed E-state index contributed by atoms with van der Waals surface area (Å²) in [6, 6.07) is 7.49. The van der Waals surface area contributed by atoms with Crippen molar-refractivity contribution in [2.75, 3.05) is 13.2 Å². The van der Waals surface area contributed by atoms with Crippen molar-refractivity contribution in [3.63, 3.8) is 0 Å². The second-order valence-corrected chi connectivity index (χ2v) is 6.70. The van der Waals surface area contributed by atoms with Crippen LogP contribution in [0.25, 0.3) is 0 Å². The SMILES string of the molecule is CC(C)c1cc(C(=O)N[C@@H]2CCOC[C@H]2Oc2ccc(C(=O)O)cc2)no1. The molecule has 8 nitrogen and oxygen atoms in total. The van der Waals surface area contributed by atoms with Gasteiger partial charge in [-0.1, -0.05) is 19.0 Å². The summed E-state index contributed by atoms with van der Waals surface area (Å²) in [7, 11) is 0. The normalized spacial score (nSPS) is 19.7. The van der Waals surface area contributed by atoms with Gasteiger partial charge in [-0.2, -0.15) is 0 Å². The summed E-state index contributed by atoms with van der Waals surface area (Å²) < 4.78 is 16.5. The van der Waals surface area contributed by atoms with E-state index in [1.807, 2.05) is 13.8 Å². The van der Waals surface area contributed by atoms with Gasteiger partial charge in [0.2, 0.25) is 0 Å². The zero-order valence-electron chi connectivity index (χ0n) is 15.2. The molecule has 2 aromatic rings. The molecule has 0 saturated carbocycles. The molecule has 1 aliphatic heterocycles. The number of rotatable bonds is 6. The Labute approximate surface area is 156 Å². The Balaban J connectivity index is 1.65. The number of amides is 1. The fourth-order valence-electron chi connectivity index (χ4n) is 2.75. The minimum atomic E-state index is -0.999. The summed E-state index contributed by atoms with van der Waals surface area (Å²) in [6.45, 7) is 4.75. The maximum atomic E-state index is 12.5. The molecule has 8 heteroatoms. The number of ether oxygens (including phenoxy) is 2. The highest BCUT2D eigenvalue weighted by molar-refractivity contribution is 5.92. The van der Waals surface area contributed by atoms with Crippen LogP contribution >= 0.6 is 0 Å². The number of carbonyl (C=O) groups is 2. The topological polar surface area (TPSA) is 111 Å². The molecule has 0 unspecified atom stereocenters. The minimum Gasteiger partial charge on any atom is -0.486 e. The Morgan fingerprint density at radius 1 is 1.30 bits per heavy atom. The van der Waals surface area contributed by atoms with Gasteiger partial charge >= 0.3 is 5.97 Å². The largest absolute Gasteiger partial charge is 0.486 e. The summed E-state index contributed by atoms with van der Waals surface area (Å²) in [5.74, 6) is -0.0165. The smallest absolute Gasteiger partial charge is 0.335 e. The van der Waals surface area contributed by atoms with Gasteiger partial charge in [-0.15, -0.1) is 0 Å². The molecule has 2 N–H and O–H groups in total. The number of hydrogen-bond donors (Lipinski definition) is 2. The average Bonchev–Trinajstić information content (AvgIpc) is 3.14. The summed E-state index contributed by atoms with van der Waals surface area (Å²) in [5, 5.41) is 15.7. The molecule has 2 atom stereocenters. The van der Waals surface area contributed by atoms with Gasteiger partial charge < -0.3 is 24.4 Å². The van der Waals surface area contributed by atoms with Crippen LogP contribution in [0.3, 0.4) is 0 Å². The van der Waals surface area contributed by atoms with Crippen molar-refractivity contribution in [1.29, 1.82) is 0 Å². The van der Waals surface area contributed by atoms with Crippen molar-refractivity contribution >= 4 is 11.9 Å². The molecule has 1 aliphatic rings. The molecule has 27 heavy (non-hydrogen) atoms. The van der Waals surface area contributed by atoms with Crippen LogP contribution in [0.15, 0.2) is 34.9 Å². The number of nitrogens with zero attached hydrogens (tertiary/aromatic N) is 1. The Bertz CT molecular complexity index is 799. The van der Waals surface area contributed by atoms with Gasteiger partial charge in [0.1, 0.15) is 17.6 Å². The molecule has 2 heterocycles. The molecule has 1 fully saturated rings. The van der Waals surface area contributed by atoms with E-state index in [1.54, 1.807) is 18.2 Å². The third-order valence-corrected chi connectivity index (χ3v) is 4.34. The number of hydrogen-bond acceptors (Lipinski definition) is 6. The number of carboxylic acid groups (broad SMARTS) is 1. The van der Waals surface area contributed by atoms with Crippen LogP contribution in [-0.4, -0.2) is 47.5 Å². The first kappa shape index (κ1) is 18.9. The molecule has 1 saturated heterocycles. The van der Waals surface area contributed by atoms with Crippen LogP contribution in [0.2, 0.25) is 0 Å². The van der Waals surface area contributed by atoms with E-state index in [0.29, 0.717) is 31.1 Å². The summed E-state index contributed by atoms with van der Waals surface area (Å²) in [5.41, 5.74) is 0.411. The lowest BCUT2D eigenvalue weighted by atomic mass is 10.1. The van der Waals surface area contributed by atoms with Gasteiger partial charge in [-0.05, 0) is 30.7 Å². The third-order valence-electron chi connectivity index (χ3n) is 4.34. The Morgan fingerprint density at radius 2 is 2.04 bits per heavy atom. The molecular weight excluding hydrogens is 352 g/mol. The number of aromatic nitrogens is 1. The van der Waals surface area contributed by atoms with Crippen LogP contribution in [0.1, 0.15) is 52.8 Å². The zero-order valence-corrected chi connectivity index (χ0v) is 15.2. The van der Waals surface area contributed by atoms with Crippen molar-refractivity contribution in [3.05, 3.63) is 47.3 Å². The fraction of sp³-hybridized carbons (Fsp3) is 0.421. The van der Waals surface area contributed by atoms with E-state index in [0.717, 1.165) is 0 Å². The Kier molecular flexibility index (Phi) is 5.75. The van der Waals surface area contributed by atoms with E-state index in [-0.39, 0.29) is 29.1 Å². The van der Waals surface area contributed by atoms with Crippen molar-refractivity contribution in [3.8, 4) is 5.75 Å². The highest BCUT2D eigenvalue weighted by atomic mass is 16.5. The molecule has 0 bridgehead atoms. The Hall–Kier alpha value is -2.87. The second-order valence-electron chi connectivity index (χ2n) is 6.70. The molecule has 144 valence electrons. The molecule has 1 aromatic carbocycles. The van der Waals surface area contributed by atoms with E-state index in [9.17, 15) is 9.59 Å². The average molecular weight is 374 g/mol. The molecular formula is C19H22N2O6. The number of nitrogens with one attached hydrogen (secondary N) is 1. The van der Waals surface area contributed by atoms with Crippen molar-refractivity contribution in [1.82, 2.24) is 10.5 Å². The summed E-state index contributed by atoms with van der Waals surface area (Å²) in [4.78, 5) is 23.4. The predicted octanol–water partition coefficient (Wildman–Crippen LogP) is 2.46. The van der Waals surface area contributed by atoms with Crippen molar-refractivity contribution in [2.45, 2.75) is 38.3 Å². The zero-order chi connectivity index (χ0) is 19.4. The van der Waals surface area contributed by atoms with Crippen LogP contribution in [0.5, 0.6) is 5.75 Å². The first-order chi connectivity index (χ1) is 12.9. The molecule has 0 aliphatic carbocycles. The lowest BCUT2D eigenvalue weighted by molar-refractivity contribution is -0.0135. The quantitative estimate of drug-likeness (QED) is 0.799. The number of carboxylic acids is 1. The van der Waals surface area contributed by atoms with Crippen LogP contribution in [0.4, 0.5) is 0 Å². The van der Waals surface area contributed by atoms with E-state index in [2.05, 4.69) is 10.5 Å². The van der Waals surface area contributed by atoms with Gasteiger partial charge in [0.15, 0.2) is 5.69 Å². The van der Waals surface area contributed by atoms with Gasteiger partial charge in [-0.3, -0.25) is 4.79 Å². The van der Waals surface area contributed by atoms with Crippen molar-refractivity contribution < 1.29 is 28.7 Å². The predicted molar refractivity (Wildman–Crippen MR) is 95.1 cm³/mol.